The lowest BCUT2D eigenvalue weighted by Crippen LogP contribution is -2.04. The monoisotopic (exact) mass is 395 g/mol. The summed E-state index contributed by atoms with van der Waals surface area (Å²) in [4.78, 5) is 17.4. The molecule has 150 valence electrons. The summed E-state index contributed by atoms with van der Waals surface area (Å²) in [6.45, 7) is 2.17. The van der Waals surface area contributed by atoms with E-state index in [4.69, 9.17) is 4.42 Å². The highest BCUT2D eigenvalue weighted by Gasteiger charge is 2.12. The van der Waals surface area contributed by atoms with E-state index in [1.165, 1.54) is 5.39 Å². The predicted octanol–water partition coefficient (Wildman–Crippen LogP) is 6.94. The molecule has 0 radical (unpaired) electrons. The van der Waals surface area contributed by atoms with Crippen molar-refractivity contribution in [1.29, 1.82) is 0 Å². The first-order chi connectivity index (χ1) is 14.7. The largest absolute Gasteiger partial charge is 0.421 e. The molecule has 0 aliphatic heterocycles. The van der Waals surface area contributed by atoms with Crippen molar-refractivity contribution in [3.63, 3.8) is 0 Å². The second-order valence-electron chi connectivity index (χ2n) is 7.46. The van der Waals surface area contributed by atoms with Crippen LogP contribution >= 0.6 is 0 Å². The molecule has 3 heteroatoms. The van der Waals surface area contributed by atoms with E-state index in [0.29, 0.717) is 11.4 Å². The summed E-state index contributed by atoms with van der Waals surface area (Å²) < 4.78 is 5.63. The van der Waals surface area contributed by atoms with Gasteiger partial charge in [0.25, 0.3) is 0 Å². The van der Waals surface area contributed by atoms with E-state index < -0.39 is 0 Å². The maximum absolute atomic E-state index is 12.8. The van der Waals surface area contributed by atoms with Crippen LogP contribution in [0.1, 0.15) is 37.3 Å². The van der Waals surface area contributed by atoms with Crippen LogP contribution in [0.3, 0.4) is 0 Å². The molecule has 0 spiro atoms. The Morgan fingerprint density at radius 2 is 1.63 bits per heavy atom. The predicted molar refractivity (Wildman–Crippen MR) is 125 cm³/mol. The lowest BCUT2D eigenvalue weighted by molar-refractivity contribution is 0.524. The molecule has 0 amide bonds. The van der Waals surface area contributed by atoms with Crippen LogP contribution in [0.15, 0.2) is 93.1 Å². The summed E-state index contributed by atoms with van der Waals surface area (Å²) in [5, 5.41) is 2.33. The van der Waals surface area contributed by atoms with E-state index in [1.54, 1.807) is 6.21 Å². The molecule has 0 saturated heterocycles. The number of rotatable bonds is 7. The molecule has 0 unspecified atom stereocenters. The van der Waals surface area contributed by atoms with Crippen molar-refractivity contribution in [2.75, 3.05) is 0 Å². The normalized spacial score (nSPS) is 11.4. The lowest BCUT2D eigenvalue weighted by atomic mass is 10.0. The summed E-state index contributed by atoms with van der Waals surface area (Å²) in [5.74, 6) is 0.594. The summed E-state index contributed by atoms with van der Waals surface area (Å²) in [5.41, 5.74) is 2.81. The standard InChI is InChI=1S/C27H25NO2/c1-2-3-5-14-24-18-25(22-11-6-4-7-12-22)30-27(29)26(24)28-19-20-15-16-21-10-8-9-13-23(21)17-20/h4,6-13,15-19H,2-3,5,14H2,1H3. The molecule has 1 aromatic heterocycles. The Labute approximate surface area is 176 Å². The van der Waals surface area contributed by atoms with Crippen LogP contribution in [0.4, 0.5) is 5.69 Å². The van der Waals surface area contributed by atoms with Crippen LogP contribution in [0, 0.1) is 0 Å². The summed E-state index contributed by atoms with van der Waals surface area (Å²) in [6.07, 6.45) is 5.83. The van der Waals surface area contributed by atoms with Crippen LogP contribution in [0.5, 0.6) is 0 Å². The van der Waals surface area contributed by atoms with Gasteiger partial charge in [-0.25, -0.2) is 9.79 Å². The summed E-state index contributed by atoms with van der Waals surface area (Å²) in [6, 6.07) is 26.1. The number of unbranched alkanes of at least 4 members (excludes halogenated alkanes) is 2. The molecule has 0 saturated carbocycles. The molecule has 1 heterocycles. The fourth-order valence-electron chi connectivity index (χ4n) is 3.60. The van der Waals surface area contributed by atoms with Crippen LogP contribution < -0.4 is 5.63 Å². The van der Waals surface area contributed by atoms with Gasteiger partial charge in [-0.15, -0.1) is 0 Å². The zero-order valence-corrected chi connectivity index (χ0v) is 17.2. The van der Waals surface area contributed by atoms with Gasteiger partial charge in [0, 0.05) is 11.8 Å². The number of nitrogens with zero attached hydrogens (tertiary/aromatic N) is 1. The molecule has 0 aliphatic rings. The average molecular weight is 396 g/mol. The molecule has 0 aliphatic carbocycles. The number of benzene rings is 3. The van der Waals surface area contributed by atoms with Crippen LogP contribution in [0.2, 0.25) is 0 Å². The van der Waals surface area contributed by atoms with Gasteiger partial charge < -0.3 is 4.42 Å². The smallest absolute Gasteiger partial charge is 0.362 e. The van der Waals surface area contributed by atoms with Gasteiger partial charge in [-0.05, 0) is 46.9 Å². The highest BCUT2D eigenvalue weighted by atomic mass is 16.4. The van der Waals surface area contributed by atoms with Gasteiger partial charge in [-0.3, -0.25) is 0 Å². The molecular weight excluding hydrogens is 370 g/mol. The Morgan fingerprint density at radius 1 is 0.867 bits per heavy atom. The lowest BCUT2D eigenvalue weighted by Gasteiger charge is -2.08. The van der Waals surface area contributed by atoms with Gasteiger partial charge in [0.1, 0.15) is 5.76 Å². The highest BCUT2D eigenvalue weighted by Crippen LogP contribution is 2.25. The molecular formula is C27H25NO2. The van der Waals surface area contributed by atoms with Crippen molar-refractivity contribution in [1.82, 2.24) is 0 Å². The number of fused-ring (bicyclic) bond motifs is 1. The molecule has 0 atom stereocenters. The summed E-state index contributed by atoms with van der Waals surface area (Å²) in [7, 11) is 0. The second-order valence-corrected chi connectivity index (χ2v) is 7.46. The Hall–Kier alpha value is -3.46. The van der Waals surface area contributed by atoms with Crippen molar-refractivity contribution >= 4 is 22.7 Å². The Bertz CT molecular complexity index is 1220. The van der Waals surface area contributed by atoms with Crippen molar-refractivity contribution in [3.8, 4) is 11.3 Å². The zero-order valence-electron chi connectivity index (χ0n) is 17.2. The fourth-order valence-corrected chi connectivity index (χ4v) is 3.60. The van der Waals surface area contributed by atoms with Crippen LogP contribution in [0.25, 0.3) is 22.1 Å². The maximum atomic E-state index is 12.8. The van der Waals surface area contributed by atoms with Crippen molar-refractivity contribution in [3.05, 3.63) is 100 Å². The minimum Gasteiger partial charge on any atom is -0.421 e. The number of hydrogen-bond donors (Lipinski definition) is 0. The zero-order chi connectivity index (χ0) is 20.8. The van der Waals surface area contributed by atoms with E-state index in [0.717, 1.165) is 47.8 Å². The van der Waals surface area contributed by atoms with Gasteiger partial charge in [-0.1, -0.05) is 86.5 Å². The molecule has 0 fully saturated rings. The Morgan fingerprint density at radius 3 is 2.43 bits per heavy atom. The first-order valence-electron chi connectivity index (χ1n) is 10.5. The third-order valence-corrected chi connectivity index (χ3v) is 5.23. The Balaban J connectivity index is 1.71. The van der Waals surface area contributed by atoms with Gasteiger partial charge in [0.2, 0.25) is 0 Å². The van der Waals surface area contributed by atoms with E-state index >= 15 is 0 Å². The molecule has 3 nitrogen and oxygen atoms in total. The topological polar surface area (TPSA) is 42.6 Å². The van der Waals surface area contributed by atoms with Crippen LogP contribution in [-0.4, -0.2) is 6.21 Å². The van der Waals surface area contributed by atoms with Gasteiger partial charge in [-0.2, -0.15) is 0 Å². The molecule has 0 N–H and O–H groups in total. The minimum absolute atomic E-state index is 0.389. The molecule has 3 aromatic carbocycles. The van der Waals surface area contributed by atoms with Gasteiger partial charge in [0.15, 0.2) is 5.69 Å². The van der Waals surface area contributed by atoms with Crippen molar-refractivity contribution in [2.24, 2.45) is 4.99 Å². The fraction of sp³-hybridized carbons (Fsp3) is 0.185. The maximum Gasteiger partial charge on any atom is 0.362 e. The second kappa shape index (κ2) is 9.36. The first-order valence-corrected chi connectivity index (χ1v) is 10.5. The third-order valence-electron chi connectivity index (χ3n) is 5.23. The van der Waals surface area contributed by atoms with Gasteiger partial charge >= 0.3 is 5.63 Å². The quantitative estimate of drug-likeness (QED) is 0.251. The Kier molecular flexibility index (Phi) is 6.19. The highest BCUT2D eigenvalue weighted by molar-refractivity contribution is 5.91. The third kappa shape index (κ3) is 4.57. The van der Waals surface area contributed by atoms with E-state index in [1.807, 2.05) is 54.6 Å². The molecule has 0 bridgehead atoms. The van der Waals surface area contributed by atoms with E-state index in [2.05, 4.69) is 36.2 Å². The average Bonchev–Trinajstić information content (AvgIpc) is 2.79. The number of aryl methyl sites for hydroxylation is 1. The first kappa shape index (κ1) is 19.8. The SMILES string of the molecule is CCCCCc1cc(-c2ccccc2)oc(=O)c1N=Cc1ccc2ccccc2c1. The van der Waals surface area contributed by atoms with Crippen LogP contribution in [-0.2, 0) is 6.42 Å². The van der Waals surface area contributed by atoms with E-state index in [-0.39, 0.29) is 5.63 Å². The molecule has 30 heavy (non-hydrogen) atoms. The van der Waals surface area contributed by atoms with E-state index in [9.17, 15) is 4.79 Å². The van der Waals surface area contributed by atoms with Crippen molar-refractivity contribution in [2.45, 2.75) is 32.6 Å². The van der Waals surface area contributed by atoms with Gasteiger partial charge in [0.05, 0.1) is 0 Å². The van der Waals surface area contributed by atoms with Crippen molar-refractivity contribution < 1.29 is 4.42 Å². The number of hydrogen-bond acceptors (Lipinski definition) is 3. The summed E-state index contributed by atoms with van der Waals surface area (Å²) >= 11 is 0. The molecule has 4 rings (SSSR count). The number of aliphatic imine (C=N–C) groups is 1. The molecule has 4 aromatic rings. The minimum atomic E-state index is -0.389.